The first kappa shape index (κ1) is 14.2. The quantitative estimate of drug-likeness (QED) is 0.850. The van der Waals surface area contributed by atoms with Gasteiger partial charge >= 0.3 is 0 Å². The molecule has 1 aliphatic heterocycles. The molecule has 1 N–H and O–H groups in total. The topological polar surface area (TPSA) is 39.7 Å². The summed E-state index contributed by atoms with van der Waals surface area (Å²) in [7, 11) is 1.69. The fraction of sp³-hybridized carbons (Fsp3) is 0.600. The van der Waals surface area contributed by atoms with E-state index < -0.39 is 0 Å². The molecule has 0 aromatic heterocycles. The first-order chi connectivity index (χ1) is 8.89. The highest BCUT2D eigenvalue weighted by Gasteiger charge is 2.21. The van der Waals surface area contributed by atoms with E-state index in [9.17, 15) is 0 Å². The summed E-state index contributed by atoms with van der Waals surface area (Å²) in [5.41, 5.74) is 5.02. The van der Waals surface area contributed by atoms with Gasteiger partial charge in [-0.25, -0.2) is 0 Å². The van der Waals surface area contributed by atoms with Crippen LogP contribution in [-0.4, -0.2) is 18.8 Å². The Kier molecular flexibility index (Phi) is 4.02. The van der Waals surface area contributed by atoms with Crippen molar-refractivity contribution in [2.75, 3.05) is 7.11 Å². The highest BCUT2D eigenvalue weighted by molar-refractivity contribution is 5.48. The second-order valence-corrected chi connectivity index (χ2v) is 5.94. The van der Waals surface area contributed by atoms with Gasteiger partial charge in [0.1, 0.15) is 17.6 Å². The van der Waals surface area contributed by atoms with Crippen LogP contribution >= 0.6 is 0 Å². The predicted octanol–water partition coefficient (Wildman–Crippen LogP) is 2.84. The third kappa shape index (κ3) is 3.61. The second kappa shape index (κ2) is 5.39. The summed E-state index contributed by atoms with van der Waals surface area (Å²) < 4.78 is 11.2. The summed E-state index contributed by atoms with van der Waals surface area (Å²) in [6.07, 6.45) is 1.19. The minimum absolute atomic E-state index is 0.213. The van der Waals surface area contributed by atoms with Crippen molar-refractivity contribution in [3.05, 3.63) is 23.3 Å². The minimum Gasteiger partial charge on any atom is -0.496 e. The first-order valence-electron chi connectivity index (χ1n) is 6.66. The van der Waals surface area contributed by atoms with Crippen molar-refractivity contribution >= 4 is 0 Å². The van der Waals surface area contributed by atoms with Crippen LogP contribution in [0, 0.1) is 0 Å². The van der Waals surface area contributed by atoms with Crippen LogP contribution in [-0.2, 0) is 17.8 Å². The Bertz CT molecular complexity index is 451. The SMILES string of the molecule is COc1cc2c(cc1CNOC(C)(C)C)OC(C)C2. The molecule has 1 heterocycles. The van der Waals surface area contributed by atoms with Crippen molar-refractivity contribution in [2.24, 2.45) is 0 Å². The normalized spacial score (nSPS) is 18.1. The molecule has 1 unspecified atom stereocenters. The lowest BCUT2D eigenvalue weighted by Gasteiger charge is -2.20. The van der Waals surface area contributed by atoms with Gasteiger partial charge in [-0.15, -0.1) is 0 Å². The molecule has 1 aliphatic rings. The van der Waals surface area contributed by atoms with Crippen LogP contribution in [0.5, 0.6) is 11.5 Å². The van der Waals surface area contributed by atoms with E-state index in [0.717, 1.165) is 23.5 Å². The Morgan fingerprint density at radius 1 is 1.37 bits per heavy atom. The Morgan fingerprint density at radius 3 is 2.74 bits per heavy atom. The van der Waals surface area contributed by atoms with Crippen LogP contribution in [0.15, 0.2) is 12.1 Å². The Labute approximate surface area is 115 Å². The predicted molar refractivity (Wildman–Crippen MR) is 74.5 cm³/mol. The fourth-order valence-corrected chi connectivity index (χ4v) is 2.14. The Hall–Kier alpha value is -1.26. The van der Waals surface area contributed by atoms with Gasteiger partial charge in [0.2, 0.25) is 0 Å². The average molecular weight is 265 g/mol. The lowest BCUT2D eigenvalue weighted by molar-refractivity contribution is -0.0759. The smallest absolute Gasteiger partial charge is 0.123 e. The summed E-state index contributed by atoms with van der Waals surface area (Å²) in [4.78, 5) is 5.53. The number of nitrogens with one attached hydrogen (secondary N) is 1. The molecule has 0 saturated carbocycles. The molecule has 0 bridgehead atoms. The van der Waals surface area contributed by atoms with E-state index in [1.165, 1.54) is 5.56 Å². The van der Waals surface area contributed by atoms with E-state index in [1.807, 2.05) is 26.8 Å². The lowest BCUT2D eigenvalue weighted by Crippen LogP contribution is -2.28. The van der Waals surface area contributed by atoms with Gasteiger partial charge < -0.3 is 9.47 Å². The van der Waals surface area contributed by atoms with Gasteiger partial charge in [0.25, 0.3) is 0 Å². The van der Waals surface area contributed by atoms with Gasteiger partial charge in [0, 0.05) is 24.1 Å². The zero-order chi connectivity index (χ0) is 14.0. The molecule has 0 saturated heterocycles. The number of methoxy groups -OCH3 is 1. The maximum atomic E-state index is 5.77. The molecule has 106 valence electrons. The zero-order valence-electron chi connectivity index (χ0n) is 12.4. The number of benzene rings is 1. The summed E-state index contributed by atoms with van der Waals surface area (Å²) in [5.74, 6) is 1.84. The molecule has 1 atom stereocenters. The van der Waals surface area contributed by atoms with Crippen LogP contribution in [0.25, 0.3) is 0 Å². The van der Waals surface area contributed by atoms with E-state index >= 15 is 0 Å². The molecule has 1 aromatic rings. The van der Waals surface area contributed by atoms with Crippen molar-refractivity contribution in [3.8, 4) is 11.5 Å². The second-order valence-electron chi connectivity index (χ2n) is 5.94. The molecule has 0 amide bonds. The van der Waals surface area contributed by atoms with E-state index in [0.29, 0.717) is 6.54 Å². The summed E-state index contributed by atoms with van der Waals surface area (Å²) in [6, 6.07) is 4.10. The molecular formula is C15H23NO3. The van der Waals surface area contributed by atoms with E-state index in [2.05, 4.69) is 18.5 Å². The van der Waals surface area contributed by atoms with E-state index in [1.54, 1.807) is 7.11 Å². The average Bonchev–Trinajstić information content (AvgIpc) is 2.65. The lowest BCUT2D eigenvalue weighted by atomic mass is 10.1. The summed E-state index contributed by atoms with van der Waals surface area (Å²) in [6.45, 7) is 8.68. The Balaban J connectivity index is 2.10. The van der Waals surface area contributed by atoms with Crippen LogP contribution < -0.4 is 15.0 Å². The Morgan fingerprint density at radius 2 is 2.11 bits per heavy atom. The largest absolute Gasteiger partial charge is 0.496 e. The van der Waals surface area contributed by atoms with Crippen molar-refractivity contribution in [3.63, 3.8) is 0 Å². The molecule has 0 spiro atoms. The molecular weight excluding hydrogens is 242 g/mol. The van der Waals surface area contributed by atoms with Crippen LogP contribution in [0.1, 0.15) is 38.8 Å². The number of hydroxylamine groups is 1. The van der Waals surface area contributed by atoms with Crippen molar-refractivity contribution in [2.45, 2.75) is 52.4 Å². The van der Waals surface area contributed by atoms with Crippen LogP contribution in [0.3, 0.4) is 0 Å². The maximum Gasteiger partial charge on any atom is 0.123 e. The van der Waals surface area contributed by atoms with Crippen LogP contribution in [0.2, 0.25) is 0 Å². The summed E-state index contributed by atoms with van der Waals surface area (Å²) >= 11 is 0. The fourth-order valence-electron chi connectivity index (χ4n) is 2.14. The zero-order valence-corrected chi connectivity index (χ0v) is 12.4. The molecule has 2 rings (SSSR count). The molecule has 0 aliphatic carbocycles. The number of ether oxygens (including phenoxy) is 2. The number of fused-ring (bicyclic) bond motifs is 1. The molecule has 1 aromatic carbocycles. The van der Waals surface area contributed by atoms with Gasteiger partial charge in [-0.3, -0.25) is 4.84 Å². The number of hydrogen-bond donors (Lipinski definition) is 1. The standard InChI is InChI=1S/C15H23NO3/c1-10-6-11-7-13(17-5)12(8-14(11)18-10)9-16-19-15(2,3)4/h7-8,10,16H,6,9H2,1-5H3. The molecule has 19 heavy (non-hydrogen) atoms. The van der Waals surface area contributed by atoms with Gasteiger partial charge in [-0.1, -0.05) is 0 Å². The monoisotopic (exact) mass is 265 g/mol. The highest BCUT2D eigenvalue weighted by atomic mass is 16.7. The number of rotatable bonds is 4. The molecule has 4 nitrogen and oxygen atoms in total. The third-order valence-corrected chi connectivity index (χ3v) is 2.94. The van der Waals surface area contributed by atoms with Gasteiger partial charge in [0.15, 0.2) is 0 Å². The highest BCUT2D eigenvalue weighted by Crippen LogP contribution is 2.34. The third-order valence-electron chi connectivity index (χ3n) is 2.94. The van der Waals surface area contributed by atoms with E-state index in [-0.39, 0.29) is 11.7 Å². The van der Waals surface area contributed by atoms with Crippen molar-refractivity contribution in [1.82, 2.24) is 5.48 Å². The van der Waals surface area contributed by atoms with Crippen molar-refractivity contribution in [1.29, 1.82) is 0 Å². The molecule has 4 heteroatoms. The van der Waals surface area contributed by atoms with Crippen molar-refractivity contribution < 1.29 is 14.3 Å². The molecule has 0 fully saturated rings. The van der Waals surface area contributed by atoms with Gasteiger partial charge in [-0.2, -0.15) is 5.48 Å². The van der Waals surface area contributed by atoms with Crippen LogP contribution in [0.4, 0.5) is 0 Å². The maximum absolute atomic E-state index is 5.77. The minimum atomic E-state index is -0.213. The van der Waals surface area contributed by atoms with Gasteiger partial charge in [-0.05, 0) is 39.8 Å². The first-order valence-corrected chi connectivity index (χ1v) is 6.66. The summed E-state index contributed by atoms with van der Waals surface area (Å²) in [5, 5.41) is 0. The molecule has 0 radical (unpaired) electrons. The number of hydrogen-bond acceptors (Lipinski definition) is 4. The van der Waals surface area contributed by atoms with E-state index in [4.69, 9.17) is 14.3 Å². The van der Waals surface area contributed by atoms with Gasteiger partial charge in [0.05, 0.1) is 12.7 Å².